The Balaban J connectivity index is 2.56. The van der Waals surface area contributed by atoms with Crippen molar-refractivity contribution < 1.29 is 9.90 Å². The van der Waals surface area contributed by atoms with Gasteiger partial charge in [-0.25, -0.2) is 14.8 Å². The summed E-state index contributed by atoms with van der Waals surface area (Å²) in [4.78, 5) is 18.6. The Kier molecular flexibility index (Phi) is 2.17. The zero-order valence-electron chi connectivity index (χ0n) is 7.84. The van der Waals surface area contributed by atoms with Gasteiger partial charge in [-0.05, 0) is 17.7 Å². The lowest BCUT2D eigenvalue weighted by Crippen LogP contribution is -1.97. The van der Waals surface area contributed by atoms with Crippen LogP contribution in [0.15, 0.2) is 37.3 Å². The molecule has 4 heteroatoms. The highest BCUT2D eigenvalue weighted by Gasteiger charge is 2.07. The Morgan fingerprint density at radius 3 is 2.93 bits per heavy atom. The first-order valence-electron chi connectivity index (χ1n) is 4.31. The van der Waals surface area contributed by atoms with E-state index in [2.05, 4.69) is 16.5 Å². The molecule has 0 saturated heterocycles. The lowest BCUT2D eigenvalue weighted by molar-refractivity contribution is -0.130. The van der Waals surface area contributed by atoms with Crippen LogP contribution in [0.2, 0.25) is 0 Å². The number of carboxylic acid groups (broad SMARTS) is 1. The molecule has 0 aliphatic carbocycles. The molecule has 0 unspecified atom stereocenters. The van der Waals surface area contributed by atoms with Gasteiger partial charge in [-0.15, -0.1) is 0 Å². The van der Waals surface area contributed by atoms with E-state index in [0.717, 1.165) is 10.9 Å². The summed E-state index contributed by atoms with van der Waals surface area (Å²) in [7, 11) is 0. The molecular formula is C11H8N2O2. The molecule has 0 fully saturated rings. The normalized spacial score (nSPS) is 10.1. The molecule has 0 atom stereocenters. The maximum Gasteiger partial charge on any atom is 0.335 e. The Hall–Kier alpha value is -2.23. The van der Waals surface area contributed by atoms with Crippen LogP contribution >= 0.6 is 0 Å². The number of aromatic nitrogens is 2. The largest absolute Gasteiger partial charge is 0.478 e. The molecule has 2 rings (SSSR count). The Morgan fingerprint density at radius 2 is 2.20 bits per heavy atom. The molecule has 4 nitrogen and oxygen atoms in total. The number of hydrogen-bond donors (Lipinski definition) is 1. The molecule has 0 aliphatic rings. The molecule has 1 heterocycles. The van der Waals surface area contributed by atoms with Gasteiger partial charge in [-0.1, -0.05) is 12.6 Å². The van der Waals surface area contributed by atoms with Crippen LogP contribution in [0.3, 0.4) is 0 Å². The van der Waals surface area contributed by atoms with E-state index in [-0.39, 0.29) is 5.57 Å². The predicted octanol–water partition coefficient (Wildman–Crippen LogP) is 1.73. The fourth-order valence-corrected chi connectivity index (χ4v) is 1.30. The fraction of sp³-hybridized carbons (Fsp3) is 0. The van der Waals surface area contributed by atoms with E-state index in [9.17, 15) is 4.79 Å². The van der Waals surface area contributed by atoms with E-state index in [1.807, 2.05) is 0 Å². The number of carbonyl (C=O) groups is 1. The van der Waals surface area contributed by atoms with E-state index in [1.54, 1.807) is 24.4 Å². The van der Waals surface area contributed by atoms with Crippen LogP contribution in [0.4, 0.5) is 0 Å². The topological polar surface area (TPSA) is 63.1 Å². The molecule has 1 aromatic carbocycles. The predicted molar refractivity (Wildman–Crippen MR) is 56.2 cm³/mol. The minimum absolute atomic E-state index is 0.0701. The van der Waals surface area contributed by atoms with Crippen LogP contribution in [-0.4, -0.2) is 21.0 Å². The van der Waals surface area contributed by atoms with Crippen LogP contribution in [0.5, 0.6) is 0 Å². The second-order valence-electron chi connectivity index (χ2n) is 3.08. The van der Waals surface area contributed by atoms with Crippen molar-refractivity contribution in [3.63, 3.8) is 0 Å². The molecule has 74 valence electrons. The highest BCUT2D eigenvalue weighted by molar-refractivity contribution is 6.15. The lowest BCUT2D eigenvalue weighted by atomic mass is 10.1. The van der Waals surface area contributed by atoms with Gasteiger partial charge in [0, 0.05) is 11.6 Å². The number of fused-ring (bicyclic) bond motifs is 1. The SMILES string of the molecule is C=C(C(=O)O)c1ccc2ncncc2c1. The van der Waals surface area contributed by atoms with Crippen molar-refractivity contribution in [1.82, 2.24) is 9.97 Å². The summed E-state index contributed by atoms with van der Waals surface area (Å²) >= 11 is 0. The summed E-state index contributed by atoms with van der Waals surface area (Å²) in [5.41, 5.74) is 1.43. The van der Waals surface area contributed by atoms with Gasteiger partial charge in [-0.2, -0.15) is 0 Å². The number of rotatable bonds is 2. The van der Waals surface area contributed by atoms with Crippen molar-refractivity contribution in [2.75, 3.05) is 0 Å². The highest BCUT2D eigenvalue weighted by atomic mass is 16.4. The lowest BCUT2D eigenvalue weighted by Gasteiger charge is -2.01. The van der Waals surface area contributed by atoms with Crippen molar-refractivity contribution in [2.45, 2.75) is 0 Å². The van der Waals surface area contributed by atoms with Gasteiger partial charge in [0.05, 0.1) is 11.1 Å². The molecule has 1 aromatic heterocycles. The summed E-state index contributed by atoms with van der Waals surface area (Å²) in [5, 5.41) is 9.58. The zero-order chi connectivity index (χ0) is 10.8. The fourth-order valence-electron chi connectivity index (χ4n) is 1.30. The number of benzene rings is 1. The van der Waals surface area contributed by atoms with Gasteiger partial charge in [0.1, 0.15) is 6.33 Å². The average molecular weight is 200 g/mol. The van der Waals surface area contributed by atoms with Gasteiger partial charge in [0.15, 0.2) is 0 Å². The number of aliphatic carboxylic acids is 1. The Morgan fingerprint density at radius 1 is 1.40 bits per heavy atom. The smallest absolute Gasteiger partial charge is 0.335 e. The summed E-state index contributed by atoms with van der Waals surface area (Å²) in [5.74, 6) is -1.02. The van der Waals surface area contributed by atoms with E-state index in [1.165, 1.54) is 6.33 Å². The molecule has 0 saturated carbocycles. The van der Waals surface area contributed by atoms with Crippen molar-refractivity contribution >= 4 is 22.4 Å². The third kappa shape index (κ3) is 1.69. The van der Waals surface area contributed by atoms with Gasteiger partial charge < -0.3 is 5.11 Å². The van der Waals surface area contributed by atoms with E-state index in [4.69, 9.17) is 5.11 Å². The van der Waals surface area contributed by atoms with Gasteiger partial charge in [0.2, 0.25) is 0 Å². The van der Waals surface area contributed by atoms with Crippen LogP contribution < -0.4 is 0 Å². The maximum atomic E-state index is 10.7. The molecule has 2 aromatic rings. The van der Waals surface area contributed by atoms with E-state index < -0.39 is 5.97 Å². The summed E-state index contributed by atoms with van der Waals surface area (Å²) in [6, 6.07) is 5.15. The third-order valence-corrected chi connectivity index (χ3v) is 2.11. The maximum absolute atomic E-state index is 10.7. The molecule has 0 aliphatic heterocycles. The summed E-state index contributed by atoms with van der Waals surface area (Å²) in [6.45, 7) is 3.49. The summed E-state index contributed by atoms with van der Waals surface area (Å²) < 4.78 is 0. The van der Waals surface area contributed by atoms with Crippen LogP contribution in [0.25, 0.3) is 16.5 Å². The number of carboxylic acids is 1. The first kappa shape index (κ1) is 9.33. The molecule has 0 amide bonds. The first-order chi connectivity index (χ1) is 7.18. The van der Waals surface area contributed by atoms with Crippen molar-refractivity contribution in [3.05, 3.63) is 42.9 Å². The molecule has 15 heavy (non-hydrogen) atoms. The second-order valence-corrected chi connectivity index (χ2v) is 3.08. The van der Waals surface area contributed by atoms with Crippen LogP contribution in [-0.2, 0) is 4.79 Å². The molecule has 0 bridgehead atoms. The third-order valence-electron chi connectivity index (χ3n) is 2.11. The standard InChI is InChI=1S/C11H8N2O2/c1-7(11(14)15)8-2-3-10-9(4-8)5-12-6-13-10/h2-6H,1H2,(H,14,15). The van der Waals surface area contributed by atoms with Gasteiger partial charge >= 0.3 is 5.97 Å². The zero-order valence-corrected chi connectivity index (χ0v) is 7.84. The quantitative estimate of drug-likeness (QED) is 0.750. The van der Waals surface area contributed by atoms with E-state index >= 15 is 0 Å². The molecule has 1 N–H and O–H groups in total. The molecule has 0 radical (unpaired) electrons. The molecule has 0 spiro atoms. The minimum Gasteiger partial charge on any atom is -0.478 e. The van der Waals surface area contributed by atoms with Gasteiger partial charge in [0.25, 0.3) is 0 Å². The van der Waals surface area contributed by atoms with E-state index in [0.29, 0.717) is 5.56 Å². The monoisotopic (exact) mass is 200 g/mol. The molecular weight excluding hydrogens is 192 g/mol. The summed E-state index contributed by atoms with van der Waals surface area (Å²) in [6.07, 6.45) is 3.09. The Bertz CT molecular complexity index is 549. The van der Waals surface area contributed by atoms with Crippen molar-refractivity contribution in [2.24, 2.45) is 0 Å². The second kappa shape index (κ2) is 3.49. The highest BCUT2D eigenvalue weighted by Crippen LogP contribution is 2.18. The van der Waals surface area contributed by atoms with Crippen molar-refractivity contribution in [3.8, 4) is 0 Å². The minimum atomic E-state index is -1.02. The Labute approximate surface area is 85.9 Å². The number of nitrogens with zero attached hydrogens (tertiary/aromatic N) is 2. The van der Waals surface area contributed by atoms with Gasteiger partial charge in [-0.3, -0.25) is 0 Å². The van der Waals surface area contributed by atoms with Crippen LogP contribution in [0, 0.1) is 0 Å². The van der Waals surface area contributed by atoms with Crippen LogP contribution in [0.1, 0.15) is 5.56 Å². The van der Waals surface area contributed by atoms with Crippen molar-refractivity contribution in [1.29, 1.82) is 0 Å². The number of hydrogen-bond acceptors (Lipinski definition) is 3. The first-order valence-corrected chi connectivity index (χ1v) is 4.31. The average Bonchev–Trinajstić information content (AvgIpc) is 2.27.